The van der Waals surface area contributed by atoms with E-state index >= 15 is 4.79 Å². The second-order valence-corrected chi connectivity index (χ2v) is 17.9. The molecule has 17 nitrogen and oxygen atoms in total. The number of hydrogen-bond donors (Lipinski definition) is 4. The van der Waals surface area contributed by atoms with Gasteiger partial charge >= 0.3 is 23.9 Å². The Balaban J connectivity index is 1.52. The molecule has 326 valence electrons. The van der Waals surface area contributed by atoms with E-state index in [0.29, 0.717) is 5.75 Å². The minimum Gasteiger partial charge on any atom is -0.467 e. The number of amides is 1. The van der Waals surface area contributed by atoms with E-state index in [9.17, 15) is 39.3 Å². The zero-order chi connectivity index (χ0) is 44.1. The predicted molar refractivity (Wildman–Crippen MR) is 208 cm³/mol. The lowest BCUT2D eigenvalue weighted by Crippen LogP contribution is -2.81. The van der Waals surface area contributed by atoms with Crippen molar-refractivity contribution in [1.82, 2.24) is 5.32 Å². The molecule has 1 aromatic heterocycles. The Kier molecular flexibility index (Phi) is 12.5. The number of thioether (sulfide) groups is 1. The van der Waals surface area contributed by atoms with E-state index in [2.05, 4.69) is 5.32 Å². The Morgan fingerprint density at radius 3 is 2.23 bits per heavy atom. The van der Waals surface area contributed by atoms with Crippen LogP contribution in [0.3, 0.4) is 0 Å². The van der Waals surface area contributed by atoms with E-state index in [1.54, 1.807) is 18.2 Å². The lowest BCUT2D eigenvalue weighted by atomic mass is 9.46. The second-order valence-electron chi connectivity index (χ2n) is 16.9. The fourth-order valence-corrected chi connectivity index (χ4v) is 9.80. The van der Waals surface area contributed by atoms with Crippen LogP contribution < -0.4 is 5.32 Å². The van der Waals surface area contributed by atoms with Gasteiger partial charge in [-0.2, -0.15) is 4.89 Å². The Morgan fingerprint density at radius 2 is 1.67 bits per heavy atom. The Hall–Kier alpha value is -4.59. The summed E-state index contributed by atoms with van der Waals surface area (Å²) in [6.45, 7) is 11.8. The minimum absolute atomic E-state index is 0.0261. The van der Waals surface area contributed by atoms with E-state index < -0.39 is 112 Å². The molecule has 1 aromatic carbocycles. The highest BCUT2D eigenvalue weighted by atomic mass is 32.2. The van der Waals surface area contributed by atoms with Gasteiger partial charge in [0.25, 0.3) is 11.0 Å². The molecule has 60 heavy (non-hydrogen) atoms. The van der Waals surface area contributed by atoms with Crippen LogP contribution in [0.15, 0.2) is 64.3 Å². The summed E-state index contributed by atoms with van der Waals surface area (Å²) < 4.78 is 29.3. The van der Waals surface area contributed by atoms with Gasteiger partial charge in [0.2, 0.25) is 0 Å². The number of carbonyl (C=O) groups excluding carboxylic acids is 6. The molecule has 6 rings (SSSR count). The number of aliphatic hydroxyl groups excluding tert-OH is 2. The van der Waals surface area contributed by atoms with Gasteiger partial charge in [-0.1, -0.05) is 57.7 Å². The molecule has 1 saturated heterocycles. The van der Waals surface area contributed by atoms with E-state index in [-0.39, 0.29) is 34.8 Å². The minimum atomic E-state index is -2.47. The van der Waals surface area contributed by atoms with Gasteiger partial charge in [-0.05, 0) is 55.2 Å². The first kappa shape index (κ1) is 44.9. The molecule has 2 bridgehead atoms. The van der Waals surface area contributed by atoms with Crippen molar-refractivity contribution in [3.63, 3.8) is 0 Å². The summed E-state index contributed by atoms with van der Waals surface area (Å²) in [7, 11) is 0. The number of ketones is 1. The number of esters is 4. The van der Waals surface area contributed by atoms with Crippen LogP contribution in [0, 0.1) is 22.7 Å². The van der Waals surface area contributed by atoms with Crippen molar-refractivity contribution >= 4 is 46.7 Å². The van der Waals surface area contributed by atoms with E-state index in [0.717, 1.165) is 25.6 Å². The van der Waals surface area contributed by atoms with Crippen molar-refractivity contribution in [3.8, 4) is 0 Å². The highest BCUT2D eigenvalue weighted by Crippen LogP contribution is 2.64. The number of furan rings is 1. The second kappa shape index (κ2) is 16.7. The first-order valence-corrected chi connectivity index (χ1v) is 20.6. The molecule has 0 radical (unpaired) electrons. The maximum atomic E-state index is 15.4. The number of aliphatic hydroxyl groups is 3. The van der Waals surface area contributed by atoms with Crippen molar-refractivity contribution in [2.24, 2.45) is 22.7 Å². The van der Waals surface area contributed by atoms with Crippen molar-refractivity contribution < 1.29 is 77.2 Å². The molecule has 2 saturated carbocycles. The van der Waals surface area contributed by atoms with Gasteiger partial charge in [-0.15, -0.1) is 0 Å². The molecule has 1 amide bonds. The number of benzene rings is 1. The Labute approximate surface area is 350 Å². The van der Waals surface area contributed by atoms with Crippen molar-refractivity contribution in [2.75, 3.05) is 5.75 Å². The van der Waals surface area contributed by atoms with E-state index in [1.807, 2.05) is 13.8 Å². The van der Waals surface area contributed by atoms with Gasteiger partial charge in [0.05, 0.1) is 29.3 Å². The van der Waals surface area contributed by atoms with Crippen molar-refractivity contribution in [1.29, 1.82) is 0 Å². The smallest absolute Gasteiger partial charge is 0.338 e. The first-order chi connectivity index (χ1) is 28.1. The van der Waals surface area contributed by atoms with Crippen LogP contribution in [0.1, 0.15) is 90.4 Å². The number of Topliss-reactive ketones (excluding diaryl/α,β-unsaturated/α-hetero) is 1. The number of carbonyl (C=O) groups is 6. The summed E-state index contributed by atoms with van der Waals surface area (Å²) in [5.41, 5.74) is -6.26. The highest BCUT2D eigenvalue weighted by Gasteiger charge is 2.80. The maximum Gasteiger partial charge on any atom is 0.338 e. The van der Waals surface area contributed by atoms with Gasteiger partial charge in [-0.25, -0.2) is 14.5 Å². The number of fused-ring (bicyclic) bond motifs is 5. The quantitative estimate of drug-likeness (QED) is 0.108. The SMILES string of the molecule is CC(=O)O[C@H]1C(=O)[C@@]2(C)[C@H]([C@H](OC(=O)c3ccccc3)[C@]3(O)C[C@H](OC(=O)[C@H](O)[C@@H](NC(=O)SCC(C)C)c4ccco4)C(C)=C1C3(C)C)[C@]1(OC(C)=O)OO[C@@H]1C[C@@H]2O. The van der Waals surface area contributed by atoms with Crippen LogP contribution in [-0.4, -0.2) is 104 Å². The molecular weight excluding hydrogens is 807 g/mol. The van der Waals surface area contributed by atoms with Crippen LogP contribution in [0.25, 0.3) is 0 Å². The van der Waals surface area contributed by atoms with Crippen LogP contribution in [0.4, 0.5) is 4.79 Å². The summed E-state index contributed by atoms with van der Waals surface area (Å²) in [4.78, 5) is 93.3. The molecule has 3 fully saturated rings. The van der Waals surface area contributed by atoms with Crippen LogP contribution >= 0.6 is 11.8 Å². The van der Waals surface area contributed by atoms with Gasteiger partial charge in [0.15, 0.2) is 24.1 Å². The molecule has 18 heteroatoms. The molecule has 4 N–H and O–H groups in total. The summed E-state index contributed by atoms with van der Waals surface area (Å²) >= 11 is 0.937. The predicted octanol–water partition coefficient (Wildman–Crippen LogP) is 3.89. The zero-order valence-corrected chi connectivity index (χ0v) is 35.3. The van der Waals surface area contributed by atoms with Crippen LogP contribution in [0.5, 0.6) is 0 Å². The third-order valence-corrected chi connectivity index (χ3v) is 13.4. The molecule has 0 unspecified atom stereocenters. The average molecular weight is 858 g/mol. The average Bonchev–Trinajstić information content (AvgIpc) is 3.72. The molecule has 3 aliphatic carbocycles. The Bertz CT molecular complexity index is 2030. The molecule has 2 heterocycles. The molecule has 2 aromatic rings. The normalized spacial score (nSPS) is 32.8. The number of nitrogens with one attached hydrogen (secondary N) is 1. The Morgan fingerprint density at radius 1 is 0.983 bits per heavy atom. The van der Waals surface area contributed by atoms with Gasteiger partial charge in [-0.3, -0.25) is 19.2 Å². The number of hydrogen-bond acceptors (Lipinski definition) is 17. The summed E-state index contributed by atoms with van der Waals surface area (Å²) in [6, 6.07) is 9.20. The fraction of sp³-hybridized carbons (Fsp3) is 0.571. The van der Waals surface area contributed by atoms with Crippen LogP contribution in [0.2, 0.25) is 0 Å². The maximum absolute atomic E-state index is 15.4. The van der Waals surface area contributed by atoms with Crippen molar-refractivity contribution in [2.45, 2.75) is 122 Å². The molecule has 1 aliphatic heterocycles. The summed E-state index contributed by atoms with van der Waals surface area (Å²) in [5.74, 6) is -8.48. The molecule has 4 aliphatic rings. The van der Waals surface area contributed by atoms with E-state index in [1.165, 1.54) is 58.2 Å². The van der Waals surface area contributed by atoms with E-state index in [4.69, 9.17) is 33.1 Å². The lowest BCUT2D eigenvalue weighted by molar-refractivity contribution is -0.595. The highest BCUT2D eigenvalue weighted by molar-refractivity contribution is 8.13. The van der Waals surface area contributed by atoms with Crippen molar-refractivity contribution in [3.05, 3.63) is 71.2 Å². The molecular formula is C42H51NO16S. The number of ether oxygens (including phenoxy) is 4. The zero-order valence-electron chi connectivity index (χ0n) is 34.5. The number of rotatable bonds is 11. The lowest BCUT2D eigenvalue weighted by Gasteiger charge is -2.66. The fourth-order valence-electron chi connectivity index (χ4n) is 9.10. The standard InChI is InChI=1S/C42H51NO16S/c1-20(2)19-60-38(51)43-30(25-15-12-16-53-25)31(47)37(50)55-26-18-41(52)35(56-36(49)24-13-10-9-11-14-24)33-40(8,27(46)17-28-42(33,59-58-28)57-23(5)45)34(48)32(54-22(4)44)29(21(26)3)39(41,6)7/h9-16,20,26-28,30-33,35,46-47,52H,17-19H2,1-8H3,(H,43,51)/t26-,27-,28+,30-,31+,32+,33-,35-,40+,41+,42+/m0/s1. The monoisotopic (exact) mass is 857 g/mol. The van der Waals surface area contributed by atoms with Gasteiger partial charge < -0.3 is 44.0 Å². The summed E-state index contributed by atoms with van der Waals surface area (Å²) in [5, 5.41) is 39.1. The van der Waals surface area contributed by atoms with Gasteiger partial charge in [0.1, 0.15) is 29.6 Å². The topological polar surface area (TPSA) is 244 Å². The summed E-state index contributed by atoms with van der Waals surface area (Å²) in [6.07, 6.45) is -9.98. The molecule has 11 atom stereocenters. The van der Waals surface area contributed by atoms with Gasteiger partial charge in [0, 0.05) is 37.9 Å². The first-order valence-electron chi connectivity index (χ1n) is 19.6. The molecule has 0 spiro atoms. The third-order valence-electron chi connectivity index (χ3n) is 12.2. The largest absolute Gasteiger partial charge is 0.467 e. The third kappa shape index (κ3) is 7.66. The van der Waals surface area contributed by atoms with Crippen LogP contribution in [-0.2, 0) is 47.9 Å².